The maximum atomic E-state index is 3.57. The highest BCUT2D eigenvalue weighted by Gasteiger charge is 2.13. The number of hydrogen-bond donors (Lipinski definition) is 2. The molecule has 1 saturated heterocycles. The Kier molecular flexibility index (Phi) is 4.06. The van der Waals surface area contributed by atoms with Crippen LogP contribution in [-0.2, 0) is 0 Å². The molecule has 1 fully saturated rings. The van der Waals surface area contributed by atoms with Gasteiger partial charge in [0, 0.05) is 18.3 Å². The first kappa shape index (κ1) is 12.4. The quantitative estimate of drug-likeness (QED) is 0.833. The van der Waals surface area contributed by atoms with Crippen LogP contribution in [0.25, 0.3) is 0 Å². The van der Waals surface area contributed by atoms with Gasteiger partial charge in [-0.05, 0) is 69.3 Å². The molecule has 1 aliphatic heterocycles. The number of hydrogen-bond acceptors (Lipinski definition) is 2. The first-order valence-electron chi connectivity index (χ1n) is 6.72. The summed E-state index contributed by atoms with van der Waals surface area (Å²) in [7, 11) is 0. The first-order valence-corrected chi connectivity index (χ1v) is 6.72. The van der Waals surface area contributed by atoms with Crippen molar-refractivity contribution in [3.8, 4) is 0 Å². The highest BCUT2D eigenvalue weighted by atomic mass is 15.0. The predicted octanol–water partition coefficient (Wildman–Crippen LogP) is 3.17. The summed E-state index contributed by atoms with van der Waals surface area (Å²) in [6, 6.07) is 5.15. The van der Waals surface area contributed by atoms with Crippen molar-refractivity contribution in [3.05, 3.63) is 28.8 Å². The van der Waals surface area contributed by atoms with Crippen molar-refractivity contribution in [1.29, 1.82) is 0 Å². The van der Waals surface area contributed by atoms with E-state index in [2.05, 4.69) is 43.5 Å². The van der Waals surface area contributed by atoms with E-state index >= 15 is 0 Å². The van der Waals surface area contributed by atoms with Crippen molar-refractivity contribution in [2.24, 2.45) is 0 Å². The molecule has 0 bridgehead atoms. The van der Waals surface area contributed by atoms with Gasteiger partial charge < -0.3 is 10.6 Å². The second-order valence-electron chi connectivity index (χ2n) is 5.19. The van der Waals surface area contributed by atoms with Crippen molar-refractivity contribution < 1.29 is 0 Å². The van der Waals surface area contributed by atoms with E-state index in [1.807, 2.05) is 0 Å². The van der Waals surface area contributed by atoms with E-state index in [-0.39, 0.29) is 0 Å². The fourth-order valence-electron chi connectivity index (χ4n) is 2.53. The number of nitrogens with one attached hydrogen (secondary N) is 2. The Labute approximate surface area is 105 Å². The van der Waals surface area contributed by atoms with Crippen LogP contribution in [0.15, 0.2) is 12.1 Å². The van der Waals surface area contributed by atoms with E-state index in [4.69, 9.17) is 0 Å². The molecule has 94 valence electrons. The van der Waals surface area contributed by atoms with Crippen LogP contribution in [0.3, 0.4) is 0 Å². The zero-order chi connectivity index (χ0) is 12.3. The third kappa shape index (κ3) is 3.01. The molecule has 1 aliphatic rings. The number of benzene rings is 1. The van der Waals surface area contributed by atoms with E-state index in [0.717, 1.165) is 12.6 Å². The topological polar surface area (TPSA) is 24.1 Å². The Morgan fingerprint density at radius 2 is 2.06 bits per heavy atom. The molecule has 0 amide bonds. The minimum atomic E-state index is 0.731. The maximum absolute atomic E-state index is 3.57. The van der Waals surface area contributed by atoms with E-state index in [1.54, 1.807) is 0 Å². The van der Waals surface area contributed by atoms with Crippen LogP contribution in [0.1, 0.15) is 36.0 Å². The predicted molar refractivity (Wildman–Crippen MR) is 74.8 cm³/mol. The Morgan fingerprint density at radius 1 is 1.24 bits per heavy atom. The van der Waals surface area contributed by atoms with E-state index in [1.165, 1.54) is 48.2 Å². The Bertz CT molecular complexity index is 379. The van der Waals surface area contributed by atoms with Crippen molar-refractivity contribution >= 4 is 5.69 Å². The smallest absolute Gasteiger partial charge is 0.0372 e. The normalized spacial score (nSPS) is 19.6. The number of anilines is 1. The fourth-order valence-corrected chi connectivity index (χ4v) is 2.53. The molecule has 0 radical (unpaired) electrons. The second-order valence-corrected chi connectivity index (χ2v) is 5.19. The highest BCUT2D eigenvalue weighted by molar-refractivity contribution is 5.55. The molecule has 0 saturated carbocycles. The summed E-state index contributed by atoms with van der Waals surface area (Å²) in [5.74, 6) is 0. The SMILES string of the molecule is Cc1ccc(NCCC2CCCN2)c(C)c1C. The van der Waals surface area contributed by atoms with Gasteiger partial charge in [-0.1, -0.05) is 6.07 Å². The largest absolute Gasteiger partial charge is 0.385 e. The molecule has 1 unspecified atom stereocenters. The Hall–Kier alpha value is -1.02. The summed E-state index contributed by atoms with van der Waals surface area (Å²) < 4.78 is 0. The second kappa shape index (κ2) is 5.54. The highest BCUT2D eigenvalue weighted by Crippen LogP contribution is 2.21. The van der Waals surface area contributed by atoms with Gasteiger partial charge in [-0.25, -0.2) is 0 Å². The van der Waals surface area contributed by atoms with Crippen molar-refractivity contribution in [2.75, 3.05) is 18.4 Å². The lowest BCUT2D eigenvalue weighted by Gasteiger charge is -2.15. The average Bonchev–Trinajstić information content (AvgIpc) is 2.82. The van der Waals surface area contributed by atoms with Crippen LogP contribution in [0.2, 0.25) is 0 Å². The van der Waals surface area contributed by atoms with Crippen molar-refractivity contribution in [1.82, 2.24) is 5.32 Å². The molecule has 0 aromatic heterocycles. The maximum Gasteiger partial charge on any atom is 0.0372 e. The monoisotopic (exact) mass is 232 g/mol. The minimum Gasteiger partial charge on any atom is -0.385 e. The lowest BCUT2D eigenvalue weighted by atomic mass is 10.0. The third-order valence-corrected chi connectivity index (χ3v) is 4.03. The average molecular weight is 232 g/mol. The molecule has 0 aliphatic carbocycles. The summed E-state index contributed by atoms with van der Waals surface area (Å²) in [6.07, 6.45) is 3.91. The van der Waals surface area contributed by atoms with Crippen LogP contribution < -0.4 is 10.6 Å². The number of rotatable bonds is 4. The zero-order valence-electron chi connectivity index (χ0n) is 11.3. The van der Waals surface area contributed by atoms with Crippen LogP contribution in [-0.4, -0.2) is 19.1 Å². The molecule has 1 aromatic rings. The summed E-state index contributed by atoms with van der Waals surface area (Å²) in [4.78, 5) is 0. The van der Waals surface area contributed by atoms with Gasteiger partial charge in [0.25, 0.3) is 0 Å². The molecule has 1 heterocycles. The lowest BCUT2D eigenvalue weighted by Crippen LogP contribution is -2.24. The van der Waals surface area contributed by atoms with Gasteiger partial charge in [0.05, 0.1) is 0 Å². The van der Waals surface area contributed by atoms with Crippen LogP contribution >= 0.6 is 0 Å². The van der Waals surface area contributed by atoms with Gasteiger partial charge in [0.15, 0.2) is 0 Å². The molecule has 0 spiro atoms. The van der Waals surface area contributed by atoms with Crippen LogP contribution in [0, 0.1) is 20.8 Å². The van der Waals surface area contributed by atoms with Gasteiger partial charge in [-0.15, -0.1) is 0 Å². The molecule has 1 atom stereocenters. The van der Waals surface area contributed by atoms with Crippen LogP contribution in [0.4, 0.5) is 5.69 Å². The molecule has 1 aromatic carbocycles. The molecule has 2 N–H and O–H groups in total. The van der Waals surface area contributed by atoms with Crippen molar-refractivity contribution in [3.63, 3.8) is 0 Å². The van der Waals surface area contributed by atoms with E-state index < -0.39 is 0 Å². The van der Waals surface area contributed by atoms with Gasteiger partial charge in [0.2, 0.25) is 0 Å². The fraction of sp³-hybridized carbons (Fsp3) is 0.600. The minimum absolute atomic E-state index is 0.731. The zero-order valence-corrected chi connectivity index (χ0v) is 11.3. The molecule has 2 heteroatoms. The molecule has 2 rings (SSSR count). The molecular formula is C15H24N2. The third-order valence-electron chi connectivity index (χ3n) is 4.03. The summed E-state index contributed by atoms with van der Waals surface area (Å²) in [5, 5.41) is 7.11. The van der Waals surface area contributed by atoms with Gasteiger partial charge >= 0.3 is 0 Å². The van der Waals surface area contributed by atoms with Gasteiger partial charge in [-0.2, -0.15) is 0 Å². The number of aryl methyl sites for hydroxylation is 1. The van der Waals surface area contributed by atoms with Crippen molar-refractivity contribution in [2.45, 2.75) is 46.1 Å². The molecule has 2 nitrogen and oxygen atoms in total. The molecular weight excluding hydrogens is 208 g/mol. The summed E-state index contributed by atoms with van der Waals surface area (Å²) in [6.45, 7) is 8.86. The van der Waals surface area contributed by atoms with Crippen LogP contribution in [0.5, 0.6) is 0 Å². The van der Waals surface area contributed by atoms with Gasteiger partial charge in [-0.3, -0.25) is 0 Å². The molecule has 17 heavy (non-hydrogen) atoms. The summed E-state index contributed by atoms with van der Waals surface area (Å²) >= 11 is 0. The Balaban J connectivity index is 1.88. The first-order chi connectivity index (χ1) is 8.18. The van der Waals surface area contributed by atoms with E-state index in [9.17, 15) is 0 Å². The van der Waals surface area contributed by atoms with Gasteiger partial charge in [0.1, 0.15) is 0 Å². The Morgan fingerprint density at radius 3 is 2.76 bits per heavy atom. The standard InChI is InChI=1S/C15H24N2/c1-11-6-7-15(13(3)12(11)2)17-10-8-14-5-4-9-16-14/h6-7,14,16-17H,4-5,8-10H2,1-3H3. The van der Waals surface area contributed by atoms with E-state index in [0.29, 0.717) is 0 Å². The summed E-state index contributed by atoms with van der Waals surface area (Å²) in [5.41, 5.74) is 5.48. The lowest BCUT2D eigenvalue weighted by molar-refractivity contribution is 0.574.